The Morgan fingerprint density at radius 1 is 1.33 bits per heavy atom. The van der Waals surface area contributed by atoms with Crippen molar-refractivity contribution < 1.29 is 4.79 Å². The summed E-state index contributed by atoms with van der Waals surface area (Å²) in [7, 11) is 1.67. The lowest BCUT2D eigenvalue weighted by molar-refractivity contribution is 0.0783. The van der Waals surface area contributed by atoms with Gasteiger partial charge in [0.2, 0.25) is 0 Å². The summed E-state index contributed by atoms with van der Waals surface area (Å²) in [6.07, 6.45) is 2.94. The minimum Gasteiger partial charge on any atom is -0.367 e. The highest BCUT2D eigenvalue weighted by molar-refractivity contribution is 7.18. The minimum atomic E-state index is -0.309. The average Bonchev–Trinajstić information content (AvgIpc) is 2.89. The molecule has 0 saturated carbocycles. The first-order valence-electron chi connectivity index (χ1n) is 6.42. The molecule has 2 heterocycles. The summed E-state index contributed by atoms with van der Waals surface area (Å²) in [5, 5.41) is 0.847. The van der Waals surface area contributed by atoms with Crippen LogP contribution in [0.2, 0.25) is 0 Å². The van der Waals surface area contributed by atoms with Gasteiger partial charge in [0.25, 0.3) is 5.91 Å². The second-order valence-corrected chi connectivity index (χ2v) is 5.77. The van der Waals surface area contributed by atoms with E-state index in [0.717, 1.165) is 15.2 Å². The number of H-pyrrole nitrogens is 1. The molecule has 106 valence electrons. The summed E-state index contributed by atoms with van der Waals surface area (Å²) in [6.45, 7) is 0.381. The van der Waals surface area contributed by atoms with Gasteiger partial charge in [0.15, 0.2) is 5.43 Å². The molecule has 1 N–H and O–H groups in total. The van der Waals surface area contributed by atoms with Crippen molar-refractivity contribution in [2.45, 2.75) is 6.54 Å². The Bertz CT molecular complexity index is 820. The van der Waals surface area contributed by atoms with Crippen molar-refractivity contribution in [2.24, 2.45) is 0 Å². The number of hydrogen-bond donors (Lipinski definition) is 1. The van der Waals surface area contributed by atoms with Crippen LogP contribution in [-0.2, 0) is 6.54 Å². The largest absolute Gasteiger partial charge is 0.367 e. The monoisotopic (exact) mass is 299 g/mol. The van der Waals surface area contributed by atoms with Crippen molar-refractivity contribution in [1.82, 2.24) is 14.9 Å². The standard InChI is InChI=1S/C15H13N3O2S/c1-18(15(20)10-8-16-7-6-12(10)19)9-14-17-11-4-2-3-5-13(11)21-14/h2-8H,9H2,1H3,(H,16,19). The van der Waals surface area contributed by atoms with E-state index in [1.165, 1.54) is 23.4 Å². The van der Waals surface area contributed by atoms with E-state index in [2.05, 4.69) is 9.97 Å². The first kappa shape index (κ1) is 13.5. The Morgan fingerprint density at radius 2 is 2.14 bits per heavy atom. The van der Waals surface area contributed by atoms with E-state index in [9.17, 15) is 9.59 Å². The molecule has 0 spiro atoms. The van der Waals surface area contributed by atoms with Crippen LogP contribution in [0.15, 0.2) is 47.5 Å². The van der Waals surface area contributed by atoms with Gasteiger partial charge in [-0.15, -0.1) is 11.3 Å². The molecule has 3 aromatic rings. The molecule has 0 unspecified atom stereocenters. The number of fused-ring (bicyclic) bond motifs is 1. The van der Waals surface area contributed by atoms with Crippen LogP contribution in [0.25, 0.3) is 10.2 Å². The van der Waals surface area contributed by atoms with Crippen LogP contribution < -0.4 is 5.43 Å². The normalized spacial score (nSPS) is 10.7. The molecule has 0 aliphatic carbocycles. The molecule has 2 aromatic heterocycles. The Labute approximate surface area is 124 Å². The van der Waals surface area contributed by atoms with Gasteiger partial charge in [-0.3, -0.25) is 9.59 Å². The van der Waals surface area contributed by atoms with Crippen LogP contribution in [0.1, 0.15) is 15.4 Å². The summed E-state index contributed by atoms with van der Waals surface area (Å²) in [5.41, 5.74) is 0.784. The van der Waals surface area contributed by atoms with Crippen LogP contribution in [0, 0.1) is 0 Å². The lowest BCUT2D eigenvalue weighted by Gasteiger charge is -2.14. The van der Waals surface area contributed by atoms with E-state index in [1.807, 2.05) is 24.3 Å². The maximum Gasteiger partial charge on any atom is 0.259 e. The third-order valence-corrected chi connectivity index (χ3v) is 4.13. The number of nitrogens with one attached hydrogen (secondary N) is 1. The third-order valence-electron chi connectivity index (χ3n) is 3.11. The average molecular weight is 299 g/mol. The third kappa shape index (κ3) is 2.71. The van der Waals surface area contributed by atoms with Gasteiger partial charge >= 0.3 is 0 Å². The number of rotatable bonds is 3. The van der Waals surface area contributed by atoms with Crippen molar-refractivity contribution in [2.75, 3.05) is 7.05 Å². The number of carbonyl (C=O) groups is 1. The van der Waals surface area contributed by atoms with E-state index in [4.69, 9.17) is 0 Å². The van der Waals surface area contributed by atoms with Crippen molar-refractivity contribution in [3.63, 3.8) is 0 Å². The molecule has 0 fully saturated rings. The van der Waals surface area contributed by atoms with Crippen molar-refractivity contribution >= 4 is 27.5 Å². The minimum absolute atomic E-state index is 0.140. The van der Waals surface area contributed by atoms with Crippen LogP contribution in [0.5, 0.6) is 0 Å². The van der Waals surface area contributed by atoms with Gasteiger partial charge < -0.3 is 9.88 Å². The number of hydrogen-bond acceptors (Lipinski definition) is 4. The second kappa shape index (κ2) is 5.49. The predicted molar refractivity (Wildman–Crippen MR) is 82.5 cm³/mol. The van der Waals surface area contributed by atoms with Crippen LogP contribution in [0.3, 0.4) is 0 Å². The fourth-order valence-electron chi connectivity index (χ4n) is 2.05. The zero-order valence-corrected chi connectivity index (χ0v) is 12.2. The molecular formula is C15H13N3O2S. The predicted octanol–water partition coefficient (Wildman–Crippen LogP) is 2.26. The summed E-state index contributed by atoms with van der Waals surface area (Å²) < 4.78 is 1.09. The van der Waals surface area contributed by atoms with Gasteiger partial charge in [-0.25, -0.2) is 4.98 Å². The number of benzene rings is 1. The molecule has 1 aromatic carbocycles. The number of carbonyl (C=O) groups excluding carboxylic acids is 1. The molecule has 3 rings (SSSR count). The summed E-state index contributed by atoms with van der Waals surface area (Å²) in [5.74, 6) is -0.309. The highest BCUT2D eigenvalue weighted by Crippen LogP contribution is 2.22. The van der Waals surface area contributed by atoms with Crippen LogP contribution >= 0.6 is 11.3 Å². The molecule has 6 heteroatoms. The Morgan fingerprint density at radius 3 is 2.90 bits per heavy atom. The summed E-state index contributed by atoms with van der Waals surface area (Å²) in [6, 6.07) is 9.19. The summed E-state index contributed by atoms with van der Waals surface area (Å²) >= 11 is 1.55. The molecule has 1 amide bonds. The first-order chi connectivity index (χ1) is 10.1. The molecule has 0 atom stereocenters. The van der Waals surface area contributed by atoms with E-state index >= 15 is 0 Å². The molecule has 0 aliphatic heterocycles. The van der Waals surface area contributed by atoms with E-state index in [1.54, 1.807) is 18.4 Å². The second-order valence-electron chi connectivity index (χ2n) is 4.66. The number of para-hydroxylation sites is 1. The SMILES string of the molecule is CN(Cc1nc2ccccc2s1)C(=O)c1c[nH]ccc1=O. The number of nitrogens with zero attached hydrogens (tertiary/aromatic N) is 2. The molecule has 0 aliphatic rings. The fraction of sp³-hybridized carbons (Fsp3) is 0.133. The number of amides is 1. The van der Waals surface area contributed by atoms with E-state index in [0.29, 0.717) is 6.54 Å². The van der Waals surface area contributed by atoms with Crippen molar-refractivity contribution in [1.29, 1.82) is 0 Å². The van der Waals surface area contributed by atoms with Gasteiger partial charge in [-0.1, -0.05) is 12.1 Å². The number of aromatic nitrogens is 2. The number of thiazole rings is 1. The van der Waals surface area contributed by atoms with Crippen molar-refractivity contribution in [3.8, 4) is 0 Å². The zero-order valence-electron chi connectivity index (χ0n) is 11.4. The van der Waals surface area contributed by atoms with E-state index < -0.39 is 0 Å². The number of pyridine rings is 1. The molecule has 0 radical (unpaired) electrons. The van der Waals surface area contributed by atoms with Crippen LogP contribution in [0.4, 0.5) is 0 Å². The Hall–Kier alpha value is -2.47. The quantitative estimate of drug-likeness (QED) is 0.806. The van der Waals surface area contributed by atoms with Gasteiger partial charge in [0, 0.05) is 25.5 Å². The maximum atomic E-state index is 12.3. The lowest BCUT2D eigenvalue weighted by Crippen LogP contribution is -2.30. The van der Waals surface area contributed by atoms with Gasteiger partial charge in [0.1, 0.15) is 10.6 Å². The smallest absolute Gasteiger partial charge is 0.259 e. The summed E-state index contributed by atoms with van der Waals surface area (Å²) in [4.78, 5) is 32.7. The molecule has 0 bridgehead atoms. The first-order valence-corrected chi connectivity index (χ1v) is 7.24. The van der Waals surface area contributed by atoms with Gasteiger partial charge in [0.05, 0.1) is 16.8 Å². The molecule has 5 nitrogen and oxygen atoms in total. The van der Waals surface area contributed by atoms with Gasteiger partial charge in [-0.05, 0) is 12.1 Å². The number of aromatic amines is 1. The van der Waals surface area contributed by atoms with Crippen LogP contribution in [-0.4, -0.2) is 27.8 Å². The molecule has 21 heavy (non-hydrogen) atoms. The van der Waals surface area contributed by atoms with E-state index in [-0.39, 0.29) is 16.9 Å². The topological polar surface area (TPSA) is 66.1 Å². The zero-order chi connectivity index (χ0) is 14.8. The molecular weight excluding hydrogens is 286 g/mol. The Balaban J connectivity index is 1.82. The fourth-order valence-corrected chi connectivity index (χ4v) is 3.07. The Kier molecular flexibility index (Phi) is 3.53. The maximum absolute atomic E-state index is 12.3. The van der Waals surface area contributed by atoms with Crippen molar-refractivity contribution in [3.05, 3.63) is 63.5 Å². The lowest BCUT2D eigenvalue weighted by atomic mass is 10.2. The highest BCUT2D eigenvalue weighted by atomic mass is 32.1. The molecule has 0 saturated heterocycles. The highest BCUT2D eigenvalue weighted by Gasteiger charge is 2.16. The van der Waals surface area contributed by atoms with Gasteiger partial charge in [-0.2, -0.15) is 0 Å².